The Balaban J connectivity index is 1.08. The fourth-order valence-electron chi connectivity index (χ4n) is 5.24. The van der Waals surface area contributed by atoms with E-state index in [2.05, 4.69) is 71.0 Å². The van der Waals surface area contributed by atoms with E-state index in [1.54, 1.807) is 0 Å². The average Bonchev–Trinajstić information content (AvgIpc) is 3.62. The first-order valence-electron chi connectivity index (χ1n) is 15.7. The van der Waals surface area contributed by atoms with Crippen LogP contribution in [0.2, 0.25) is 0 Å². The van der Waals surface area contributed by atoms with Crippen LogP contribution in [-0.2, 0) is 0 Å². The first kappa shape index (κ1) is 30.0. The van der Waals surface area contributed by atoms with Crippen LogP contribution in [0.15, 0.2) is 175 Å². The van der Waals surface area contributed by atoms with Gasteiger partial charge in [0.1, 0.15) is 5.84 Å². The molecule has 48 heavy (non-hydrogen) atoms. The molecule has 7 aromatic rings. The number of nitrogens with one attached hydrogen (secondary N) is 2. The highest BCUT2D eigenvalue weighted by molar-refractivity contribution is 6.15. The molecule has 0 atom stereocenters. The van der Waals surface area contributed by atoms with Crippen molar-refractivity contribution in [2.45, 2.75) is 0 Å². The van der Waals surface area contributed by atoms with Crippen LogP contribution < -0.4 is 5.32 Å². The number of nitrogens with zero attached hydrogens (tertiary/aromatic N) is 4. The Morgan fingerprint density at radius 3 is 1.65 bits per heavy atom. The smallest absolute Gasteiger partial charge is 0.182 e. The quantitative estimate of drug-likeness (QED) is 0.101. The molecule has 0 aliphatic rings. The van der Waals surface area contributed by atoms with Gasteiger partial charge in [0, 0.05) is 27.9 Å². The zero-order valence-corrected chi connectivity index (χ0v) is 26.1. The second-order valence-corrected chi connectivity index (χ2v) is 11.1. The molecule has 0 spiro atoms. The van der Waals surface area contributed by atoms with Crippen LogP contribution in [0, 0.1) is 5.41 Å². The number of benzene rings is 6. The number of hydrogen-bond acceptors (Lipinski definition) is 3. The van der Waals surface area contributed by atoms with E-state index < -0.39 is 0 Å². The van der Waals surface area contributed by atoms with Crippen molar-refractivity contribution >= 4 is 29.5 Å². The summed E-state index contributed by atoms with van der Waals surface area (Å²) in [5.41, 5.74) is 7.61. The van der Waals surface area contributed by atoms with Crippen molar-refractivity contribution in [3.05, 3.63) is 192 Å². The van der Waals surface area contributed by atoms with E-state index in [4.69, 9.17) is 15.5 Å². The average molecular weight is 621 g/mol. The summed E-state index contributed by atoms with van der Waals surface area (Å²) in [4.78, 5) is 9.55. The van der Waals surface area contributed by atoms with Crippen LogP contribution in [0.4, 0.5) is 5.69 Å². The molecular formula is C42H32N6. The summed E-state index contributed by atoms with van der Waals surface area (Å²) in [6.45, 7) is 0. The van der Waals surface area contributed by atoms with Gasteiger partial charge in [0.05, 0.1) is 5.69 Å². The molecule has 0 unspecified atom stereocenters. The van der Waals surface area contributed by atoms with Crippen molar-refractivity contribution in [3.8, 4) is 28.5 Å². The molecule has 6 aromatic carbocycles. The highest BCUT2D eigenvalue weighted by Crippen LogP contribution is 2.26. The normalized spacial score (nSPS) is 11.5. The zero-order chi connectivity index (χ0) is 32.5. The standard InChI is InChI=1S/C42H32N6/c43-39(33-13-5-1-6-14-33)45-40(34-15-7-2-8-16-34)44-37-27-23-31(24-28-37)21-22-32-25-29-38(30-26-32)48-42(36-19-11-4-12-20-36)46-41(47-48)35-17-9-3-10-18-35/h1-30H,(H2,43,44,45)/b22-21+. The molecule has 0 saturated heterocycles. The van der Waals surface area contributed by atoms with E-state index in [1.165, 1.54) is 0 Å². The molecule has 0 saturated carbocycles. The SMILES string of the molecule is N=C(N=C(Nc1ccc(/C=C/c2ccc(-n3nc(-c4ccccc4)nc3-c3ccccc3)cc2)cc1)c1ccccc1)c1ccccc1. The Kier molecular flexibility index (Phi) is 8.87. The van der Waals surface area contributed by atoms with E-state index in [9.17, 15) is 0 Å². The summed E-state index contributed by atoms with van der Waals surface area (Å²) >= 11 is 0. The van der Waals surface area contributed by atoms with Crippen molar-refractivity contribution in [3.63, 3.8) is 0 Å². The lowest BCUT2D eigenvalue weighted by Gasteiger charge is -2.11. The third-order valence-corrected chi connectivity index (χ3v) is 7.77. The Bertz CT molecular complexity index is 2170. The van der Waals surface area contributed by atoms with Crippen molar-refractivity contribution in [2.24, 2.45) is 4.99 Å². The molecular weight excluding hydrogens is 589 g/mol. The Hall–Kier alpha value is -6.66. The van der Waals surface area contributed by atoms with Crippen molar-refractivity contribution in [2.75, 3.05) is 5.32 Å². The Morgan fingerprint density at radius 1 is 0.562 bits per heavy atom. The largest absolute Gasteiger partial charge is 0.340 e. The van der Waals surface area contributed by atoms with Crippen molar-refractivity contribution in [1.29, 1.82) is 5.41 Å². The topological polar surface area (TPSA) is 79.0 Å². The third kappa shape index (κ3) is 7.09. The van der Waals surface area contributed by atoms with Gasteiger partial charge in [-0.3, -0.25) is 5.41 Å². The highest BCUT2D eigenvalue weighted by atomic mass is 15.4. The van der Waals surface area contributed by atoms with Gasteiger partial charge in [-0.1, -0.05) is 158 Å². The number of aliphatic imine (C=N–C) groups is 1. The van der Waals surface area contributed by atoms with Crippen LogP contribution in [0.25, 0.3) is 40.6 Å². The summed E-state index contributed by atoms with van der Waals surface area (Å²) < 4.78 is 1.91. The summed E-state index contributed by atoms with van der Waals surface area (Å²) in [5, 5.41) is 16.9. The second kappa shape index (κ2) is 14.2. The first-order chi connectivity index (χ1) is 23.7. The van der Waals surface area contributed by atoms with Crippen LogP contribution >= 0.6 is 0 Å². The molecule has 0 bridgehead atoms. The van der Waals surface area contributed by atoms with Gasteiger partial charge in [-0.2, -0.15) is 0 Å². The van der Waals surface area contributed by atoms with Gasteiger partial charge < -0.3 is 5.32 Å². The fourth-order valence-corrected chi connectivity index (χ4v) is 5.24. The number of hydrogen-bond donors (Lipinski definition) is 2. The van der Waals surface area contributed by atoms with Gasteiger partial charge in [0.15, 0.2) is 17.5 Å². The monoisotopic (exact) mass is 620 g/mol. The Labute approximate surface area is 280 Å². The third-order valence-electron chi connectivity index (χ3n) is 7.77. The van der Waals surface area contributed by atoms with Gasteiger partial charge in [-0.25, -0.2) is 14.7 Å². The molecule has 6 nitrogen and oxygen atoms in total. The van der Waals surface area contributed by atoms with E-state index in [0.29, 0.717) is 11.7 Å². The number of anilines is 1. The lowest BCUT2D eigenvalue weighted by molar-refractivity contribution is 0.890. The molecule has 7 rings (SSSR count). The van der Waals surface area contributed by atoms with Crippen LogP contribution in [0.1, 0.15) is 22.3 Å². The maximum Gasteiger partial charge on any atom is 0.182 e. The Morgan fingerprint density at radius 2 is 1.06 bits per heavy atom. The van der Waals surface area contributed by atoms with E-state index in [1.807, 2.05) is 126 Å². The highest BCUT2D eigenvalue weighted by Gasteiger charge is 2.15. The van der Waals surface area contributed by atoms with Gasteiger partial charge in [0.25, 0.3) is 0 Å². The van der Waals surface area contributed by atoms with Crippen molar-refractivity contribution in [1.82, 2.24) is 14.8 Å². The zero-order valence-electron chi connectivity index (χ0n) is 26.1. The minimum atomic E-state index is 0.198. The number of rotatable bonds is 8. The lowest BCUT2D eigenvalue weighted by atomic mass is 10.1. The van der Waals surface area contributed by atoms with E-state index in [-0.39, 0.29) is 5.84 Å². The maximum absolute atomic E-state index is 8.55. The molecule has 0 fully saturated rings. The number of amidine groups is 2. The maximum atomic E-state index is 8.55. The molecule has 2 N–H and O–H groups in total. The molecule has 0 aliphatic heterocycles. The number of aromatic nitrogens is 3. The summed E-state index contributed by atoms with van der Waals surface area (Å²) in [6, 6.07) is 56.1. The van der Waals surface area contributed by atoms with E-state index in [0.717, 1.165) is 50.6 Å². The first-order valence-corrected chi connectivity index (χ1v) is 15.7. The molecule has 0 radical (unpaired) electrons. The van der Waals surface area contributed by atoms with Crippen LogP contribution in [0.5, 0.6) is 0 Å². The van der Waals surface area contributed by atoms with Crippen LogP contribution in [0.3, 0.4) is 0 Å². The lowest BCUT2D eigenvalue weighted by Crippen LogP contribution is -2.16. The molecule has 1 heterocycles. The summed E-state index contributed by atoms with van der Waals surface area (Å²) in [5.74, 6) is 2.30. The second-order valence-electron chi connectivity index (χ2n) is 11.1. The predicted molar refractivity (Wildman–Crippen MR) is 197 cm³/mol. The molecule has 1 aromatic heterocycles. The van der Waals surface area contributed by atoms with Gasteiger partial charge >= 0.3 is 0 Å². The molecule has 230 valence electrons. The van der Waals surface area contributed by atoms with Gasteiger partial charge in [0.2, 0.25) is 0 Å². The molecule has 6 heteroatoms. The summed E-state index contributed by atoms with van der Waals surface area (Å²) in [7, 11) is 0. The van der Waals surface area contributed by atoms with Gasteiger partial charge in [-0.15, -0.1) is 5.10 Å². The minimum Gasteiger partial charge on any atom is -0.340 e. The fraction of sp³-hybridized carbons (Fsp3) is 0. The van der Waals surface area contributed by atoms with Crippen LogP contribution in [-0.4, -0.2) is 26.4 Å². The molecule has 0 aliphatic carbocycles. The van der Waals surface area contributed by atoms with Gasteiger partial charge in [-0.05, 0) is 35.4 Å². The molecule has 0 amide bonds. The predicted octanol–water partition coefficient (Wildman–Crippen LogP) is 9.66. The van der Waals surface area contributed by atoms with E-state index >= 15 is 0 Å². The minimum absolute atomic E-state index is 0.198. The summed E-state index contributed by atoms with van der Waals surface area (Å²) in [6.07, 6.45) is 4.19. The van der Waals surface area contributed by atoms with Crippen molar-refractivity contribution < 1.29 is 0 Å².